The first kappa shape index (κ1) is 18.0. The zero-order chi connectivity index (χ0) is 19.5. The Balaban J connectivity index is 1.54. The number of hydrogen-bond donors (Lipinski definition) is 1. The number of carbonyl (C=O) groups excluding carboxylic acids is 1. The zero-order valence-corrected chi connectivity index (χ0v) is 17.1. The molecule has 1 fully saturated rings. The Labute approximate surface area is 166 Å². The molecule has 2 aliphatic heterocycles. The van der Waals surface area contributed by atoms with Crippen LogP contribution in [0.2, 0.25) is 0 Å². The first-order valence-electron chi connectivity index (χ1n) is 9.63. The van der Waals surface area contributed by atoms with Gasteiger partial charge in [0, 0.05) is 24.4 Å². The highest BCUT2D eigenvalue weighted by Gasteiger charge is 2.31. The smallest absolute Gasteiger partial charge is 0.291 e. The number of ether oxygens (including phenoxy) is 2. The van der Waals surface area contributed by atoms with Crippen LogP contribution in [-0.4, -0.2) is 50.3 Å². The van der Waals surface area contributed by atoms with E-state index in [0.29, 0.717) is 24.6 Å². The van der Waals surface area contributed by atoms with Crippen LogP contribution < -0.4 is 5.32 Å². The highest BCUT2D eigenvalue weighted by molar-refractivity contribution is 7.19. The molecule has 9 heteroatoms. The molecule has 0 radical (unpaired) electrons. The van der Waals surface area contributed by atoms with E-state index in [9.17, 15) is 4.79 Å². The molecule has 2 aliphatic rings. The topological polar surface area (TPSA) is 90.6 Å². The van der Waals surface area contributed by atoms with Crippen molar-refractivity contribution in [2.24, 2.45) is 0 Å². The molecular formula is C19H23N5O3S. The van der Waals surface area contributed by atoms with Gasteiger partial charge >= 0.3 is 0 Å². The van der Waals surface area contributed by atoms with Crippen LogP contribution in [0.15, 0.2) is 0 Å². The van der Waals surface area contributed by atoms with Gasteiger partial charge in [0.1, 0.15) is 10.7 Å². The van der Waals surface area contributed by atoms with Gasteiger partial charge in [0.05, 0.1) is 23.7 Å². The lowest BCUT2D eigenvalue weighted by atomic mass is 9.94. The minimum Gasteiger partial charge on any atom is -0.376 e. The summed E-state index contributed by atoms with van der Waals surface area (Å²) in [5.41, 5.74) is 1.68. The Morgan fingerprint density at radius 1 is 1.39 bits per heavy atom. The summed E-state index contributed by atoms with van der Waals surface area (Å²) < 4.78 is 13.2. The van der Waals surface area contributed by atoms with Crippen LogP contribution in [0, 0.1) is 6.92 Å². The molecule has 1 saturated heterocycles. The van der Waals surface area contributed by atoms with Crippen LogP contribution in [0.1, 0.15) is 53.6 Å². The largest absolute Gasteiger partial charge is 0.376 e. The van der Waals surface area contributed by atoms with Crippen LogP contribution >= 0.6 is 11.3 Å². The van der Waals surface area contributed by atoms with E-state index in [2.05, 4.69) is 29.2 Å². The summed E-state index contributed by atoms with van der Waals surface area (Å²) in [6.45, 7) is 7.89. The predicted octanol–water partition coefficient (Wildman–Crippen LogP) is 2.41. The second-order valence-electron chi connectivity index (χ2n) is 8.08. The molecule has 5 rings (SSSR count). The Morgan fingerprint density at radius 3 is 3.04 bits per heavy atom. The Kier molecular flexibility index (Phi) is 4.15. The van der Waals surface area contributed by atoms with E-state index in [4.69, 9.17) is 14.5 Å². The number of fused-ring (bicyclic) bond motifs is 5. The highest BCUT2D eigenvalue weighted by Crippen LogP contribution is 2.39. The lowest BCUT2D eigenvalue weighted by Gasteiger charge is -2.30. The van der Waals surface area contributed by atoms with Gasteiger partial charge < -0.3 is 14.8 Å². The van der Waals surface area contributed by atoms with Crippen molar-refractivity contribution in [2.75, 3.05) is 13.2 Å². The van der Waals surface area contributed by atoms with Crippen molar-refractivity contribution in [2.45, 2.75) is 58.3 Å². The Hall–Kier alpha value is -2.10. The van der Waals surface area contributed by atoms with Crippen LogP contribution in [0.4, 0.5) is 0 Å². The molecule has 28 heavy (non-hydrogen) atoms. The van der Waals surface area contributed by atoms with Gasteiger partial charge in [-0.3, -0.25) is 4.79 Å². The van der Waals surface area contributed by atoms with Gasteiger partial charge in [-0.15, -0.1) is 16.4 Å². The number of rotatable bonds is 3. The third-order valence-electron chi connectivity index (χ3n) is 5.39. The number of aromatic nitrogens is 4. The maximum Gasteiger partial charge on any atom is 0.291 e. The number of aryl methyl sites for hydroxylation is 1. The summed E-state index contributed by atoms with van der Waals surface area (Å²) in [6.07, 6.45) is 2.89. The Bertz CT molecular complexity index is 1080. The van der Waals surface area contributed by atoms with E-state index < -0.39 is 0 Å². The fourth-order valence-corrected chi connectivity index (χ4v) is 5.07. The summed E-state index contributed by atoms with van der Waals surface area (Å²) in [5.74, 6) is 0.605. The van der Waals surface area contributed by atoms with Crippen molar-refractivity contribution in [1.29, 1.82) is 0 Å². The molecule has 0 unspecified atom stereocenters. The van der Waals surface area contributed by atoms with E-state index in [0.717, 1.165) is 36.1 Å². The van der Waals surface area contributed by atoms with Gasteiger partial charge in [-0.1, -0.05) is 0 Å². The van der Waals surface area contributed by atoms with E-state index in [1.54, 1.807) is 15.9 Å². The van der Waals surface area contributed by atoms with Crippen LogP contribution in [-0.2, 0) is 22.5 Å². The summed E-state index contributed by atoms with van der Waals surface area (Å²) in [7, 11) is 0. The number of amides is 1. The molecule has 1 N–H and O–H groups in total. The summed E-state index contributed by atoms with van der Waals surface area (Å²) in [5, 5.41) is 8.33. The normalized spacial score (nSPS) is 21.3. The maximum atomic E-state index is 12.6. The van der Waals surface area contributed by atoms with E-state index in [1.807, 2.05) is 6.92 Å². The molecule has 1 amide bonds. The van der Waals surface area contributed by atoms with E-state index in [1.165, 1.54) is 10.4 Å². The van der Waals surface area contributed by atoms with Gasteiger partial charge in [-0.2, -0.15) is 4.52 Å². The minimum absolute atomic E-state index is 0.0854. The third-order valence-corrected chi connectivity index (χ3v) is 6.49. The number of hydrogen-bond acceptors (Lipinski definition) is 7. The number of carbonyl (C=O) groups is 1. The van der Waals surface area contributed by atoms with Crippen molar-refractivity contribution in [3.63, 3.8) is 0 Å². The molecule has 1 atom stereocenters. The van der Waals surface area contributed by atoms with Crippen molar-refractivity contribution >= 4 is 33.1 Å². The molecule has 0 bridgehead atoms. The average Bonchev–Trinajstić information content (AvgIpc) is 3.36. The molecule has 0 aliphatic carbocycles. The fraction of sp³-hybridized carbons (Fsp3) is 0.579. The quantitative estimate of drug-likeness (QED) is 0.725. The van der Waals surface area contributed by atoms with Gasteiger partial charge in [-0.25, -0.2) is 9.97 Å². The number of nitrogens with zero attached hydrogens (tertiary/aromatic N) is 4. The summed E-state index contributed by atoms with van der Waals surface area (Å²) in [4.78, 5) is 24.0. The molecular weight excluding hydrogens is 378 g/mol. The molecule has 0 spiro atoms. The van der Waals surface area contributed by atoms with E-state index in [-0.39, 0.29) is 23.4 Å². The first-order valence-corrected chi connectivity index (χ1v) is 10.4. The molecule has 8 nitrogen and oxygen atoms in total. The fourth-order valence-electron chi connectivity index (χ4n) is 3.93. The highest BCUT2D eigenvalue weighted by atomic mass is 32.1. The first-order chi connectivity index (χ1) is 13.4. The molecule has 0 aromatic carbocycles. The van der Waals surface area contributed by atoms with Crippen LogP contribution in [0.5, 0.6) is 0 Å². The minimum atomic E-state index is -0.278. The molecule has 5 heterocycles. The van der Waals surface area contributed by atoms with Crippen LogP contribution in [0.3, 0.4) is 0 Å². The van der Waals surface area contributed by atoms with Gasteiger partial charge in [0.25, 0.3) is 5.91 Å². The Morgan fingerprint density at radius 2 is 2.25 bits per heavy atom. The molecule has 0 saturated carbocycles. The van der Waals surface area contributed by atoms with Gasteiger partial charge in [0.15, 0.2) is 5.65 Å². The van der Waals surface area contributed by atoms with Gasteiger partial charge in [-0.05, 0) is 39.2 Å². The van der Waals surface area contributed by atoms with Gasteiger partial charge in [0.2, 0.25) is 5.82 Å². The molecule has 3 aromatic heterocycles. The van der Waals surface area contributed by atoms with Crippen molar-refractivity contribution < 1.29 is 14.3 Å². The predicted molar refractivity (Wildman–Crippen MR) is 105 cm³/mol. The number of nitrogens with one attached hydrogen (secondary N) is 1. The summed E-state index contributed by atoms with van der Waals surface area (Å²) in [6, 6.07) is 0. The molecule has 148 valence electrons. The standard InChI is InChI=1S/C19H23N5O3S/c1-10-21-18-14(12-7-19(2,3)27-9-13(12)28-18)16-22-15(23-24(10)16)17(25)20-8-11-5-4-6-26-11/h11H,4-9H2,1-3H3,(H,20,25)/t11-/m1/s1. The third kappa shape index (κ3) is 2.98. The number of thiophene rings is 1. The second-order valence-corrected chi connectivity index (χ2v) is 9.17. The zero-order valence-electron chi connectivity index (χ0n) is 16.2. The molecule has 3 aromatic rings. The van der Waals surface area contributed by atoms with Crippen molar-refractivity contribution in [3.8, 4) is 0 Å². The van der Waals surface area contributed by atoms with Crippen molar-refractivity contribution in [1.82, 2.24) is 24.9 Å². The van der Waals surface area contributed by atoms with Crippen molar-refractivity contribution in [3.05, 3.63) is 22.1 Å². The maximum absolute atomic E-state index is 12.6. The average molecular weight is 401 g/mol. The second kappa shape index (κ2) is 6.47. The van der Waals surface area contributed by atoms with Crippen LogP contribution in [0.25, 0.3) is 15.9 Å². The van der Waals surface area contributed by atoms with E-state index >= 15 is 0 Å². The monoisotopic (exact) mass is 401 g/mol. The lowest BCUT2D eigenvalue weighted by Crippen LogP contribution is -2.32. The SMILES string of the molecule is Cc1nc2sc3c(c2c2nc(C(=O)NC[C@H]4CCCO4)nn12)CC(C)(C)OC3. The lowest BCUT2D eigenvalue weighted by molar-refractivity contribution is -0.0379. The summed E-state index contributed by atoms with van der Waals surface area (Å²) >= 11 is 1.64.